The third-order valence-corrected chi connectivity index (χ3v) is 1.38. The molecule has 0 aliphatic carbocycles. The van der Waals surface area contributed by atoms with Gasteiger partial charge in [-0.1, -0.05) is 0 Å². The van der Waals surface area contributed by atoms with E-state index in [4.69, 9.17) is 16.3 Å². The van der Waals surface area contributed by atoms with Gasteiger partial charge in [-0.15, -0.1) is 16.7 Å². The molecule has 0 atom stereocenters. The number of hydrogen-bond acceptors (Lipinski definition) is 4. The molecule has 88 valence electrons. The Kier molecular flexibility index (Phi) is 5.43. The van der Waals surface area contributed by atoms with E-state index in [0.717, 1.165) is 5.06 Å². The van der Waals surface area contributed by atoms with Crippen LogP contribution in [0.25, 0.3) is 0 Å². The standard InChI is InChI=1S/C9H16ClNO4/c1-9(2,3)14-8(13)11(4)15-7(12)5-6-10/h5-6H2,1-4H3. The number of amides is 1. The van der Waals surface area contributed by atoms with Gasteiger partial charge in [-0.25, -0.2) is 9.59 Å². The highest BCUT2D eigenvalue weighted by molar-refractivity contribution is 6.18. The molecule has 0 bridgehead atoms. The van der Waals surface area contributed by atoms with Crippen LogP contribution in [-0.2, 0) is 14.4 Å². The molecule has 6 heteroatoms. The number of halogens is 1. The number of alkyl halides is 1. The van der Waals surface area contributed by atoms with Crippen molar-refractivity contribution < 1.29 is 19.2 Å². The van der Waals surface area contributed by atoms with Gasteiger partial charge < -0.3 is 9.57 Å². The van der Waals surface area contributed by atoms with Crippen molar-refractivity contribution in [1.29, 1.82) is 0 Å². The topological polar surface area (TPSA) is 55.8 Å². The van der Waals surface area contributed by atoms with Crippen molar-refractivity contribution in [3.63, 3.8) is 0 Å². The van der Waals surface area contributed by atoms with Crippen LogP contribution in [0.4, 0.5) is 4.79 Å². The van der Waals surface area contributed by atoms with Gasteiger partial charge >= 0.3 is 12.1 Å². The predicted octanol–water partition coefficient (Wildman–Crippen LogP) is 1.94. The fourth-order valence-electron chi connectivity index (χ4n) is 0.639. The van der Waals surface area contributed by atoms with E-state index < -0.39 is 17.7 Å². The number of carbonyl (C=O) groups excluding carboxylic acids is 2. The highest BCUT2D eigenvalue weighted by Gasteiger charge is 2.21. The molecule has 15 heavy (non-hydrogen) atoms. The quantitative estimate of drug-likeness (QED) is 0.544. The summed E-state index contributed by atoms with van der Waals surface area (Å²) in [5.74, 6) is -0.417. The Balaban J connectivity index is 4.05. The molecule has 0 rings (SSSR count). The molecule has 5 nitrogen and oxygen atoms in total. The molecule has 0 aliphatic rings. The van der Waals surface area contributed by atoms with Crippen molar-refractivity contribution in [2.24, 2.45) is 0 Å². The molecule has 0 aliphatic heterocycles. The summed E-state index contributed by atoms with van der Waals surface area (Å²) in [6, 6.07) is 0. The fourth-order valence-corrected chi connectivity index (χ4v) is 0.793. The summed E-state index contributed by atoms with van der Waals surface area (Å²) in [6.45, 7) is 5.16. The molecular weight excluding hydrogens is 222 g/mol. The number of ether oxygens (including phenoxy) is 1. The van der Waals surface area contributed by atoms with E-state index in [1.54, 1.807) is 20.8 Å². The summed E-state index contributed by atoms with van der Waals surface area (Å²) in [5.41, 5.74) is -0.621. The van der Waals surface area contributed by atoms with Gasteiger partial charge in [0.1, 0.15) is 5.60 Å². The molecule has 1 amide bonds. The van der Waals surface area contributed by atoms with E-state index in [-0.39, 0.29) is 12.3 Å². The van der Waals surface area contributed by atoms with Gasteiger partial charge in [-0.2, -0.15) is 0 Å². The third kappa shape index (κ3) is 7.02. The van der Waals surface area contributed by atoms with Gasteiger partial charge in [0, 0.05) is 5.88 Å². The Labute approximate surface area is 94.2 Å². The first-order valence-corrected chi connectivity index (χ1v) is 5.03. The molecule has 0 aromatic heterocycles. The number of carbonyl (C=O) groups is 2. The van der Waals surface area contributed by atoms with Gasteiger partial charge in [0.25, 0.3) is 0 Å². The van der Waals surface area contributed by atoms with Crippen molar-refractivity contribution in [3.05, 3.63) is 0 Å². The maximum Gasteiger partial charge on any atom is 0.443 e. The molecule has 0 saturated carbocycles. The maximum atomic E-state index is 11.3. The molecule has 0 aromatic carbocycles. The van der Waals surface area contributed by atoms with Crippen LogP contribution < -0.4 is 0 Å². The predicted molar refractivity (Wildman–Crippen MR) is 55.4 cm³/mol. The van der Waals surface area contributed by atoms with Gasteiger partial charge in [0.05, 0.1) is 13.5 Å². The zero-order valence-corrected chi connectivity index (χ0v) is 10.1. The number of hydrogen-bond donors (Lipinski definition) is 0. The maximum absolute atomic E-state index is 11.3. The Morgan fingerprint density at radius 3 is 2.27 bits per heavy atom. The second-order valence-electron chi connectivity index (χ2n) is 3.88. The van der Waals surface area contributed by atoms with Gasteiger partial charge in [0.2, 0.25) is 0 Å². The first kappa shape index (κ1) is 14.0. The molecule has 0 spiro atoms. The lowest BCUT2D eigenvalue weighted by atomic mass is 10.2. The van der Waals surface area contributed by atoms with Crippen molar-refractivity contribution >= 4 is 23.7 Å². The average Bonchev–Trinajstić information content (AvgIpc) is 2.00. The third-order valence-electron chi connectivity index (χ3n) is 1.19. The molecule has 0 unspecified atom stereocenters. The summed E-state index contributed by atoms with van der Waals surface area (Å²) in [4.78, 5) is 26.9. The van der Waals surface area contributed by atoms with Crippen LogP contribution in [0, 0.1) is 0 Å². The zero-order chi connectivity index (χ0) is 12.1. The second-order valence-corrected chi connectivity index (χ2v) is 4.26. The Morgan fingerprint density at radius 2 is 1.87 bits per heavy atom. The summed E-state index contributed by atoms with van der Waals surface area (Å²) in [5, 5.41) is 0.750. The van der Waals surface area contributed by atoms with E-state index in [9.17, 15) is 9.59 Å². The van der Waals surface area contributed by atoms with E-state index in [0.29, 0.717) is 0 Å². The molecular formula is C9H16ClNO4. The summed E-state index contributed by atoms with van der Waals surface area (Å²) < 4.78 is 4.96. The Bertz CT molecular complexity index is 237. The van der Waals surface area contributed by atoms with Crippen molar-refractivity contribution in [3.8, 4) is 0 Å². The van der Waals surface area contributed by atoms with E-state index in [2.05, 4.69) is 4.84 Å². The monoisotopic (exact) mass is 237 g/mol. The van der Waals surface area contributed by atoms with Crippen LogP contribution in [0.3, 0.4) is 0 Å². The van der Waals surface area contributed by atoms with Crippen LogP contribution >= 0.6 is 11.6 Å². The minimum Gasteiger partial charge on any atom is -0.442 e. The molecule has 0 heterocycles. The first-order valence-electron chi connectivity index (χ1n) is 4.49. The van der Waals surface area contributed by atoms with Crippen LogP contribution in [0.5, 0.6) is 0 Å². The molecule has 0 fully saturated rings. The summed E-state index contributed by atoms with van der Waals surface area (Å²) in [7, 11) is 1.31. The average molecular weight is 238 g/mol. The summed E-state index contributed by atoms with van der Waals surface area (Å²) >= 11 is 5.33. The van der Waals surface area contributed by atoms with Gasteiger partial charge in [0.15, 0.2) is 0 Å². The van der Waals surface area contributed by atoms with Crippen LogP contribution in [-0.4, -0.2) is 35.7 Å². The molecule has 0 N–H and O–H groups in total. The van der Waals surface area contributed by atoms with Crippen LogP contribution in [0.2, 0.25) is 0 Å². The van der Waals surface area contributed by atoms with E-state index in [1.807, 2.05) is 0 Å². The Morgan fingerprint density at radius 1 is 1.33 bits per heavy atom. The largest absolute Gasteiger partial charge is 0.443 e. The van der Waals surface area contributed by atoms with Gasteiger partial charge in [-0.05, 0) is 20.8 Å². The molecule has 0 aromatic rings. The minimum atomic E-state index is -0.717. The highest BCUT2D eigenvalue weighted by Crippen LogP contribution is 2.09. The zero-order valence-electron chi connectivity index (χ0n) is 9.37. The SMILES string of the molecule is CN(OC(=O)CCCl)C(=O)OC(C)(C)C. The van der Waals surface area contributed by atoms with Crippen molar-refractivity contribution in [2.75, 3.05) is 12.9 Å². The second kappa shape index (κ2) is 5.80. The van der Waals surface area contributed by atoms with Crippen molar-refractivity contribution in [2.45, 2.75) is 32.8 Å². The lowest BCUT2D eigenvalue weighted by Gasteiger charge is -2.23. The van der Waals surface area contributed by atoms with Crippen LogP contribution in [0.1, 0.15) is 27.2 Å². The van der Waals surface area contributed by atoms with Crippen molar-refractivity contribution in [1.82, 2.24) is 5.06 Å². The molecule has 0 saturated heterocycles. The highest BCUT2D eigenvalue weighted by atomic mass is 35.5. The smallest absolute Gasteiger partial charge is 0.442 e. The van der Waals surface area contributed by atoms with Crippen LogP contribution in [0.15, 0.2) is 0 Å². The number of nitrogens with zero attached hydrogens (tertiary/aromatic N) is 1. The fraction of sp³-hybridized carbons (Fsp3) is 0.778. The van der Waals surface area contributed by atoms with E-state index in [1.165, 1.54) is 7.05 Å². The normalized spacial score (nSPS) is 10.7. The summed E-state index contributed by atoms with van der Waals surface area (Å²) in [6.07, 6.45) is -0.667. The lowest BCUT2D eigenvalue weighted by molar-refractivity contribution is -0.178. The molecule has 0 radical (unpaired) electrons. The lowest BCUT2D eigenvalue weighted by Crippen LogP contribution is -2.35. The first-order chi connectivity index (χ1) is 6.76. The van der Waals surface area contributed by atoms with E-state index >= 15 is 0 Å². The minimum absolute atomic E-state index is 0.0503. The number of rotatable bonds is 2. The Hall–Kier alpha value is -0.970. The van der Waals surface area contributed by atoms with Gasteiger partial charge in [-0.3, -0.25) is 0 Å². The number of hydroxylamine groups is 2.